The molecule has 1 atom stereocenters. The predicted octanol–water partition coefficient (Wildman–Crippen LogP) is 2.13. The second-order valence-electron chi connectivity index (χ2n) is 6.58. The van der Waals surface area contributed by atoms with Gasteiger partial charge in [0, 0.05) is 27.1 Å². The van der Waals surface area contributed by atoms with Crippen molar-refractivity contribution < 1.29 is 9.53 Å². The largest absolute Gasteiger partial charge is 0.361 e. The molecule has 20 heavy (non-hydrogen) atoms. The highest BCUT2D eigenvalue weighted by atomic mass is 28.3. The number of carbonyl (C=O) groups excluding carboxylic acids is 1. The lowest BCUT2D eigenvalue weighted by atomic mass is 10.1. The molecule has 1 aromatic heterocycles. The van der Waals surface area contributed by atoms with Gasteiger partial charge in [-0.15, -0.1) is 0 Å². The van der Waals surface area contributed by atoms with Crippen LogP contribution in [0.5, 0.6) is 0 Å². The van der Waals surface area contributed by atoms with Crippen LogP contribution < -0.4 is 5.32 Å². The van der Waals surface area contributed by atoms with E-state index in [9.17, 15) is 4.79 Å². The molecule has 6 heteroatoms. The number of Topliss-reactive ketones (excluding diaryl/α,β-unsaturated/α-hetero) is 1. The average Bonchev–Trinajstić information content (AvgIpc) is 3.03. The number of imidazole rings is 1. The number of carbonyl (C=O) groups is 1. The number of nitrogens with zero attached hydrogens (tertiary/aromatic N) is 2. The van der Waals surface area contributed by atoms with Crippen molar-refractivity contribution in [2.75, 3.05) is 13.2 Å². The van der Waals surface area contributed by atoms with Crippen LogP contribution >= 0.6 is 0 Å². The van der Waals surface area contributed by atoms with E-state index in [2.05, 4.69) is 29.9 Å². The van der Waals surface area contributed by atoms with Gasteiger partial charge in [0.15, 0.2) is 5.82 Å². The minimum Gasteiger partial charge on any atom is -0.361 e. The molecule has 5 nitrogen and oxygen atoms in total. The van der Waals surface area contributed by atoms with Gasteiger partial charge >= 0.3 is 0 Å². The highest BCUT2D eigenvalue weighted by molar-refractivity contribution is 6.76. The third-order valence-corrected chi connectivity index (χ3v) is 5.24. The van der Waals surface area contributed by atoms with Crippen molar-refractivity contribution in [2.24, 2.45) is 0 Å². The Morgan fingerprint density at radius 1 is 1.55 bits per heavy atom. The first-order valence-electron chi connectivity index (χ1n) is 7.34. The smallest absolute Gasteiger partial charge is 0.215 e. The SMILES string of the molecule is C[Si](C)(C)CCOCn1ccnc1C(=O)[C@@H]1CCCN1. The quantitative estimate of drug-likeness (QED) is 0.476. The molecule has 1 aromatic rings. The Bertz CT molecular complexity index is 448. The molecule has 1 N–H and O–H groups in total. The maximum absolute atomic E-state index is 12.3. The van der Waals surface area contributed by atoms with Gasteiger partial charge in [-0.1, -0.05) is 19.6 Å². The maximum atomic E-state index is 12.3. The van der Waals surface area contributed by atoms with E-state index in [4.69, 9.17) is 4.74 Å². The molecule has 1 saturated heterocycles. The monoisotopic (exact) mass is 295 g/mol. The Kier molecular flexibility index (Phi) is 5.12. The molecule has 1 aliphatic heterocycles. The van der Waals surface area contributed by atoms with Crippen LogP contribution in [0.2, 0.25) is 25.7 Å². The van der Waals surface area contributed by atoms with Crippen LogP contribution in [-0.4, -0.2) is 42.6 Å². The number of ether oxygens (including phenoxy) is 1. The molecule has 0 unspecified atom stereocenters. The van der Waals surface area contributed by atoms with Crippen molar-refractivity contribution in [2.45, 2.75) is 51.3 Å². The fourth-order valence-electron chi connectivity index (χ4n) is 2.24. The minimum absolute atomic E-state index is 0.0712. The molecule has 0 aromatic carbocycles. The summed E-state index contributed by atoms with van der Waals surface area (Å²) in [5.41, 5.74) is 0. The number of aromatic nitrogens is 2. The number of hydrogen-bond acceptors (Lipinski definition) is 4. The molecular formula is C14H25N3O2Si. The molecule has 0 bridgehead atoms. The van der Waals surface area contributed by atoms with Gasteiger partial charge < -0.3 is 14.6 Å². The molecule has 1 aliphatic rings. The molecule has 0 amide bonds. The van der Waals surface area contributed by atoms with Crippen molar-refractivity contribution in [1.82, 2.24) is 14.9 Å². The number of hydrogen-bond donors (Lipinski definition) is 1. The normalized spacial score (nSPS) is 19.4. The van der Waals surface area contributed by atoms with Crippen LogP contribution in [0.15, 0.2) is 12.4 Å². The Hall–Kier alpha value is -0.983. The first kappa shape index (κ1) is 15.4. The fourth-order valence-corrected chi connectivity index (χ4v) is 3.00. The van der Waals surface area contributed by atoms with Crippen molar-refractivity contribution in [3.63, 3.8) is 0 Å². The van der Waals surface area contributed by atoms with E-state index in [0.29, 0.717) is 12.6 Å². The van der Waals surface area contributed by atoms with Crippen molar-refractivity contribution >= 4 is 13.9 Å². The molecule has 112 valence electrons. The first-order valence-corrected chi connectivity index (χ1v) is 11.0. The lowest BCUT2D eigenvalue weighted by Gasteiger charge is -2.16. The van der Waals surface area contributed by atoms with Crippen LogP contribution in [-0.2, 0) is 11.5 Å². The molecular weight excluding hydrogens is 270 g/mol. The van der Waals surface area contributed by atoms with Gasteiger partial charge in [-0.25, -0.2) is 4.98 Å². The van der Waals surface area contributed by atoms with Crippen molar-refractivity contribution in [3.05, 3.63) is 18.2 Å². The summed E-state index contributed by atoms with van der Waals surface area (Å²) in [6.07, 6.45) is 5.45. The van der Waals surface area contributed by atoms with Crippen LogP contribution in [0.4, 0.5) is 0 Å². The van der Waals surface area contributed by atoms with Crippen LogP contribution in [0.25, 0.3) is 0 Å². The number of nitrogens with one attached hydrogen (secondary N) is 1. The third kappa shape index (κ3) is 4.26. The lowest BCUT2D eigenvalue weighted by molar-refractivity contribution is 0.0783. The Morgan fingerprint density at radius 3 is 3.00 bits per heavy atom. The summed E-state index contributed by atoms with van der Waals surface area (Å²) in [5.74, 6) is 0.596. The van der Waals surface area contributed by atoms with Gasteiger partial charge in [0.1, 0.15) is 6.73 Å². The van der Waals surface area contributed by atoms with E-state index in [1.54, 1.807) is 6.20 Å². The summed E-state index contributed by atoms with van der Waals surface area (Å²) in [6, 6.07) is 1.06. The minimum atomic E-state index is -1.06. The van der Waals surface area contributed by atoms with Gasteiger partial charge in [-0.2, -0.15) is 0 Å². The molecule has 0 spiro atoms. The van der Waals surface area contributed by atoms with Gasteiger partial charge in [0.2, 0.25) is 5.78 Å². The summed E-state index contributed by atoms with van der Waals surface area (Å²) >= 11 is 0. The second kappa shape index (κ2) is 6.65. The summed E-state index contributed by atoms with van der Waals surface area (Å²) in [7, 11) is -1.06. The fraction of sp³-hybridized carbons (Fsp3) is 0.714. The first-order chi connectivity index (χ1) is 9.47. The van der Waals surface area contributed by atoms with E-state index < -0.39 is 8.07 Å². The average molecular weight is 295 g/mol. The zero-order valence-corrected chi connectivity index (χ0v) is 13.7. The standard InChI is InChI=1S/C14H25N3O2Si/c1-20(2,3)10-9-19-11-17-8-7-16-14(17)13(18)12-5-4-6-15-12/h7-8,12,15H,4-6,9-11H2,1-3H3/t12-/m0/s1. The zero-order chi connectivity index (χ0) is 14.6. The van der Waals surface area contributed by atoms with E-state index >= 15 is 0 Å². The summed E-state index contributed by atoms with van der Waals surface area (Å²) in [4.78, 5) is 16.5. The van der Waals surface area contributed by atoms with Gasteiger partial charge in [0.05, 0.1) is 6.04 Å². The highest BCUT2D eigenvalue weighted by Crippen LogP contribution is 2.12. The van der Waals surface area contributed by atoms with E-state index in [-0.39, 0.29) is 11.8 Å². The van der Waals surface area contributed by atoms with Crippen LogP contribution in [0, 0.1) is 0 Å². The van der Waals surface area contributed by atoms with Gasteiger partial charge in [0.25, 0.3) is 0 Å². The Morgan fingerprint density at radius 2 is 2.35 bits per heavy atom. The molecule has 2 rings (SSSR count). The van der Waals surface area contributed by atoms with Crippen LogP contribution in [0.3, 0.4) is 0 Å². The van der Waals surface area contributed by atoms with Crippen LogP contribution in [0.1, 0.15) is 23.5 Å². The Labute approximate surface area is 121 Å². The summed E-state index contributed by atoms with van der Waals surface area (Å²) in [6.45, 7) is 9.07. The summed E-state index contributed by atoms with van der Waals surface area (Å²) in [5, 5.41) is 3.22. The lowest BCUT2D eigenvalue weighted by Crippen LogP contribution is -2.33. The molecule has 2 heterocycles. The van der Waals surface area contributed by atoms with Gasteiger partial charge in [-0.3, -0.25) is 4.79 Å². The Balaban J connectivity index is 1.86. The molecule has 1 fully saturated rings. The van der Waals surface area contributed by atoms with E-state index in [0.717, 1.165) is 32.0 Å². The van der Waals surface area contributed by atoms with Gasteiger partial charge in [-0.05, 0) is 25.4 Å². The third-order valence-electron chi connectivity index (χ3n) is 3.54. The molecule has 0 radical (unpaired) electrons. The number of rotatable bonds is 7. The van der Waals surface area contributed by atoms with E-state index in [1.807, 2.05) is 10.8 Å². The van der Waals surface area contributed by atoms with Crippen molar-refractivity contribution in [1.29, 1.82) is 0 Å². The second-order valence-corrected chi connectivity index (χ2v) is 12.2. The zero-order valence-electron chi connectivity index (χ0n) is 12.7. The van der Waals surface area contributed by atoms with E-state index in [1.165, 1.54) is 0 Å². The van der Waals surface area contributed by atoms with Crippen molar-refractivity contribution in [3.8, 4) is 0 Å². The predicted molar refractivity (Wildman–Crippen MR) is 81.7 cm³/mol. The maximum Gasteiger partial charge on any atom is 0.215 e. The number of ketones is 1. The molecule has 0 saturated carbocycles. The summed E-state index contributed by atoms with van der Waals surface area (Å²) < 4.78 is 7.50. The molecule has 0 aliphatic carbocycles. The topological polar surface area (TPSA) is 56.2 Å². The highest BCUT2D eigenvalue weighted by Gasteiger charge is 2.26.